The van der Waals surface area contributed by atoms with Crippen molar-refractivity contribution in [2.45, 2.75) is 13.3 Å². The van der Waals surface area contributed by atoms with Gasteiger partial charge in [-0.1, -0.05) is 17.7 Å². The standard InChI is InChI=1S/C16H16N4O2/c1-11-3-5-13(6-4-11)20-10-12(9-14(20)21)15(22)19-16-17-7-2-8-18-16/h2-8,12H,9-10H2,1H3,(H,17,18,19,22). The second-order valence-electron chi connectivity index (χ2n) is 5.30. The van der Waals surface area contributed by atoms with Crippen LogP contribution in [0.25, 0.3) is 0 Å². The molecule has 2 amide bonds. The number of anilines is 2. The van der Waals surface area contributed by atoms with Crippen molar-refractivity contribution in [3.05, 3.63) is 48.3 Å². The minimum atomic E-state index is -0.391. The van der Waals surface area contributed by atoms with Crippen LogP contribution in [0.15, 0.2) is 42.7 Å². The number of benzene rings is 1. The van der Waals surface area contributed by atoms with Crippen LogP contribution in [-0.2, 0) is 9.59 Å². The molecular formula is C16H16N4O2. The zero-order valence-electron chi connectivity index (χ0n) is 12.2. The number of amides is 2. The van der Waals surface area contributed by atoms with Gasteiger partial charge in [-0.05, 0) is 25.1 Å². The van der Waals surface area contributed by atoms with Gasteiger partial charge in [0.25, 0.3) is 0 Å². The number of carbonyl (C=O) groups is 2. The first-order chi connectivity index (χ1) is 10.6. The quantitative estimate of drug-likeness (QED) is 0.936. The molecule has 6 heteroatoms. The van der Waals surface area contributed by atoms with E-state index in [0.717, 1.165) is 11.3 Å². The maximum Gasteiger partial charge on any atom is 0.232 e. The summed E-state index contributed by atoms with van der Waals surface area (Å²) < 4.78 is 0. The van der Waals surface area contributed by atoms with Gasteiger partial charge in [0.2, 0.25) is 17.8 Å². The van der Waals surface area contributed by atoms with E-state index >= 15 is 0 Å². The van der Waals surface area contributed by atoms with Crippen LogP contribution in [0.2, 0.25) is 0 Å². The summed E-state index contributed by atoms with van der Waals surface area (Å²) in [6.45, 7) is 2.37. The molecule has 1 unspecified atom stereocenters. The van der Waals surface area contributed by atoms with Gasteiger partial charge < -0.3 is 4.90 Å². The van der Waals surface area contributed by atoms with Crippen molar-refractivity contribution in [2.24, 2.45) is 5.92 Å². The summed E-state index contributed by atoms with van der Waals surface area (Å²) >= 11 is 0. The highest BCUT2D eigenvalue weighted by Gasteiger charge is 2.35. The molecule has 2 aromatic rings. The second kappa shape index (κ2) is 5.93. The lowest BCUT2D eigenvalue weighted by molar-refractivity contribution is -0.122. The van der Waals surface area contributed by atoms with E-state index in [4.69, 9.17) is 0 Å². The Kier molecular flexibility index (Phi) is 3.82. The van der Waals surface area contributed by atoms with Crippen molar-refractivity contribution in [3.8, 4) is 0 Å². The molecule has 0 bridgehead atoms. The lowest BCUT2D eigenvalue weighted by Gasteiger charge is -2.16. The van der Waals surface area contributed by atoms with Gasteiger partial charge in [0.15, 0.2) is 0 Å². The fourth-order valence-corrected chi connectivity index (χ4v) is 2.43. The van der Waals surface area contributed by atoms with Crippen LogP contribution in [0.4, 0.5) is 11.6 Å². The fourth-order valence-electron chi connectivity index (χ4n) is 2.43. The van der Waals surface area contributed by atoms with Crippen molar-refractivity contribution < 1.29 is 9.59 Å². The normalized spacial score (nSPS) is 17.6. The first-order valence-electron chi connectivity index (χ1n) is 7.08. The highest BCUT2D eigenvalue weighted by atomic mass is 16.2. The number of aromatic nitrogens is 2. The van der Waals surface area contributed by atoms with Crippen LogP contribution in [0.1, 0.15) is 12.0 Å². The molecule has 1 aliphatic heterocycles. The molecule has 22 heavy (non-hydrogen) atoms. The molecule has 3 rings (SSSR count). The number of hydrogen-bond acceptors (Lipinski definition) is 4. The number of rotatable bonds is 3. The Balaban J connectivity index is 1.69. The summed E-state index contributed by atoms with van der Waals surface area (Å²) in [5.41, 5.74) is 1.95. The Morgan fingerprint density at radius 2 is 1.91 bits per heavy atom. The molecule has 0 saturated carbocycles. The van der Waals surface area contributed by atoms with Crippen molar-refractivity contribution in [1.29, 1.82) is 0 Å². The third-order valence-corrected chi connectivity index (χ3v) is 3.64. The van der Waals surface area contributed by atoms with E-state index in [0.29, 0.717) is 6.54 Å². The van der Waals surface area contributed by atoms with Crippen LogP contribution in [0.5, 0.6) is 0 Å². The summed E-state index contributed by atoms with van der Waals surface area (Å²) in [7, 11) is 0. The predicted octanol–water partition coefficient (Wildman–Crippen LogP) is 1.78. The topological polar surface area (TPSA) is 75.2 Å². The third kappa shape index (κ3) is 2.95. The van der Waals surface area contributed by atoms with Crippen molar-refractivity contribution in [1.82, 2.24) is 9.97 Å². The third-order valence-electron chi connectivity index (χ3n) is 3.64. The predicted molar refractivity (Wildman–Crippen MR) is 82.3 cm³/mol. The van der Waals surface area contributed by atoms with Crippen molar-refractivity contribution >= 4 is 23.5 Å². The van der Waals surface area contributed by atoms with Crippen LogP contribution in [-0.4, -0.2) is 28.3 Å². The van der Waals surface area contributed by atoms with E-state index in [1.54, 1.807) is 23.4 Å². The Morgan fingerprint density at radius 1 is 1.23 bits per heavy atom. The zero-order chi connectivity index (χ0) is 15.5. The molecule has 112 valence electrons. The molecule has 1 aliphatic rings. The van der Waals surface area contributed by atoms with Crippen LogP contribution < -0.4 is 10.2 Å². The van der Waals surface area contributed by atoms with Gasteiger partial charge in [0.05, 0.1) is 5.92 Å². The average Bonchev–Trinajstić information content (AvgIpc) is 2.91. The largest absolute Gasteiger partial charge is 0.312 e. The fraction of sp³-hybridized carbons (Fsp3) is 0.250. The molecule has 1 saturated heterocycles. The molecule has 1 aromatic carbocycles. The van der Waals surface area contributed by atoms with Crippen LogP contribution in [0, 0.1) is 12.8 Å². The minimum Gasteiger partial charge on any atom is -0.312 e. The maximum absolute atomic E-state index is 12.2. The Bertz CT molecular complexity index is 685. The number of nitrogens with zero attached hydrogens (tertiary/aromatic N) is 3. The van der Waals surface area contributed by atoms with E-state index in [9.17, 15) is 9.59 Å². The Labute approximate surface area is 128 Å². The molecule has 1 fully saturated rings. The lowest BCUT2D eigenvalue weighted by atomic mass is 10.1. The van der Waals surface area contributed by atoms with Crippen molar-refractivity contribution in [2.75, 3.05) is 16.8 Å². The number of hydrogen-bond donors (Lipinski definition) is 1. The highest BCUT2D eigenvalue weighted by molar-refractivity contribution is 6.03. The molecule has 6 nitrogen and oxygen atoms in total. The van der Waals surface area contributed by atoms with E-state index in [1.807, 2.05) is 31.2 Å². The minimum absolute atomic E-state index is 0.0435. The smallest absolute Gasteiger partial charge is 0.232 e. The van der Waals surface area contributed by atoms with Crippen LogP contribution in [0.3, 0.4) is 0 Å². The van der Waals surface area contributed by atoms with E-state index < -0.39 is 5.92 Å². The molecule has 1 N–H and O–H groups in total. The van der Waals surface area contributed by atoms with Gasteiger partial charge in [-0.25, -0.2) is 9.97 Å². The molecule has 0 spiro atoms. The lowest BCUT2D eigenvalue weighted by Crippen LogP contribution is -2.28. The summed E-state index contributed by atoms with van der Waals surface area (Å²) in [6, 6.07) is 9.37. The first-order valence-corrected chi connectivity index (χ1v) is 7.08. The summed E-state index contributed by atoms with van der Waals surface area (Å²) in [6.07, 6.45) is 3.31. The van der Waals surface area contributed by atoms with Gasteiger partial charge >= 0.3 is 0 Å². The summed E-state index contributed by atoms with van der Waals surface area (Å²) in [5, 5.41) is 2.65. The molecular weight excluding hydrogens is 280 g/mol. The number of nitrogens with one attached hydrogen (secondary N) is 1. The van der Waals surface area contributed by atoms with E-state index in [2.05, 4.69) is 15.3 Å². The van der Waals surface area contributed by atoms with Gasteiger partial charge in [-0.3, -0.25) is 14.9 Å². The SMILES string of the molecule is Cc1ccc(N2CC(C(=O)Nc3ncccn3)CC2=O)cc1. The number of carbonyl (C=O) groups excluding carboxylic acids is 2. The van der Waals surface area contributed by atoms with E-state index in [1.165, 1.54) is 0 Å². The van der Waals surface area contributed by atoms with Crippen LogP contribution >= 0.6 is 0 Å². The zero-order valence-corrected chi connectivity index (χ0v) is 12.2. The summed E-state index contributed by atoms with van der Waals surface area (Å²) in [4.78, 5) is 33.9. The summed E-state index contributed by atoms with van der Waals surface area (Å²) in [5.74, 6) is -0.404. The maximum atomic E-state index is 12.2. The molecule has 1 atom stereocenters. The van der Waals surface area contributed by atoms with Crippen molar-refractivity contribution in [3.63, 3.8) is 0 Å². The van der Waals surface area contributed by atoms with E-state index in [-0.39, 0.29) is 24.2 Å². The first kappa shape index (κ1) is 14.2. The van der Waals surface area contributed by atoms with Gasteiger partial charge in [0, 0.05) is 31.0 Å². The Hall–Kier alpha value is -2.76. The molecule has 0 aliphatic carbocycles. The van der Waals surface area contributed by atoms with Gasteiger partial charge in [0.1, 0.15) is 0 Å². The molecule has 0 radical (unpaired) electrons. The average molecular weight is 296 g/mol. The monoisotopic (exact) mass is 296 g/mol. The molecule has 1 aromatic heterocycles. The van der Waals surface area contributed by atoms with Gasteiger partial charge in [-0.15, -0.1) is 0 Å². The van der Waals surface area contributed by atoms with Gasteiger partial charge in [-0.2, -0.15) is 0 Å². The second-order valence-corrected chi connectivity index (χ2v) is 5.30. The highest BCUT2D eigenvalue weighted by Crippen LogP contribution is 2.25. The Morgan fingerprint density at radius 3 is 2.59 bits per heavy atom. The number of aryl methyl sites for hydroxylation is 1. The molecule has 2 heterocycles.